The van der Waals surface area contributed by atoms with Crippen LogP contribution < -0.4 is 5.73 Å². The van der Waals surface area contributed by atoms with Crippen molar-refractivity contribution in [3.05, 3.63) is 16.4 Å². The lowest BCUT2D eigenvalue weighted by Crippen LogP contribution is -2.38. The average molecular weight is 343 g/mol. The highest BCUT2D eigenvalue weighted by molar-refractivity contribution is 6.30. The number of ether oxygens (including phenoxy) is 1. The molecule has 130 valence electrons. The Morgan fingerprint density at radius 2 is 2.17 bits per heavy atom. The van der Waals surface area contributed by atoms with E-state index in [4.69, 9.17) is 22.1 Å². The van der Waals surface area contributed by atoms with Gasteiger partial charge in [0.15, 0.2) is 0 Å². The molecule has 1 saturated heterocycles. The molecule has 1 aliphatic rings. The average Bonchev–Trinajstić information content (AvgIpc) is 2.98. The minimum atomic E-state index is -0.475. The zero-order valence-electron chi connectivity index (χ0n) is 14.6. The molecule has 2 N–H and O–H groups in total. The monoisotopic (exact) mass is 342 g/mol. The summed E-state index contributed by atoms with van der Waals surface area (Å²) in [5.74, 6) is 0.248. The number of carbonyl (C=O) groups excluding carboxylic acids is 1. The maximum Gasteiger partial charge on any atom is 0.410 e. The third-order valence-corrected chi connectivity index (χ3v) is 4.66. The number of rotatable bonds is 3. The minimum absolute atomic E-state index is 0.0529. The van der Waals surface area contributed by atoms with Crippen molar-refractivity contribution in [2.45, 2.75) is 52.2 Å². The van der Waals surface area contributed by atoms with Gasteiger partial charge in [0.2, 0.25) is 0 Å². The molecule has 0 radical (unpaired) electrons. The molecule has 1 aromatic rings. The highest BCUT2D eigenvalue weighted by Crippen LogP contribution is 2.26. The topological polar surface area (TPSA) is 73.4 Å². The summed E-state index contributed by atoms with van der Waals surface area (Å²) in [6.45, 7) is 8.88. The number of hydrogen-bond donors (Lipinski definition) is 1. The van der Waals surface area contributed by atoms with E-state index >= 15 is 0 Å². The van der Waals surface area contributed by atoms with Crippen molar-refractivity contribution >= 4 is 17.7 Å². The Kier molecular flexibility index (Phi) is 5.26. The Bertz CT molecular complexity index is 579. The van der Waals surface area contributed by atoms with Gasteiger partial charge in [0.25, 0.3) is 0 Å². The maximum atomic E-state index is 12.1. The number of likely N-dealkylation sites (tertiary alicyclic amines) is 1. The van der Waals surface area contributed by atoms with E-state index < -0.39 is 5.60 Å². The van der Waals surface area contributed by atoms with Gasteiger partial charge in [-0.05, 0) is 46.5 Å². The Morgan fingerprint density at radius 3 is 2.70 bits per heavy atom. The summed E-state index contributed by atoms with van der Waals surface area (Å²) in [7, 11) is 1.82. The summed E-state index contributed by atoms with van der Waals surface area (Å²) in [5, 5.41) is 4.96. The quantitative estimate of drug-likeness (QED) is 0.916. The van der Waals surface area contributed by atoms with E-state index in [0.717, 1.165) is 17.7 Å². The van der Waals surface area contributed by atoms with Gasteiger partial charge >= 0.3 is 6.09 Å². The Labute approximate surface area is 142 Å². The van der Waals surface area contributed by atoms with E-state index in [-0.39, 0.29) is 18.1 Å². The van der Waals surface area contributed by atoms with Crippen molar-refractivity contribution in [2.75, 3.05) is 13.1 Å². The predicted molar refractivity (Wildman–Crippen MR) is 90.5 cm³/mol. The number of halogens is 1. The fourth-order valence-corrected chi connectivity index (χ4v) is 3.19. The molecule has 0 saturated carbocycles. The standard InChI is InChI=1S/C16H27ClN4O2/c1-10-12(14(17)20(5)19-10)8-13(18)11-6-7-21(9-11)15(22)23-16(2,3)4/h11,13H,6-9,18H2,1-5H3. The molecule has 1 amide bonds. The molecule has 2 unspecified atom stereocenters. The van der Waals surface area contributed by atoms with Gasteiger partial charge in [0.1, 0.15) is 10.8 Å². The normalized spacial score (nSPS) is 20.0. The van der Waals surface area contributed by atoms with Gasteiger partial charge in [0, 0.05) is 31.7 Å². The first-order chi connectivity index (χ1) is 10.6. The Hall–Kier alpha value is -1.27. The third-order valence-electron chi connectivity index (χ3n) is 4.19. The van der Waals surface area contributed by atoms with E-state index in [1.54, 1.807) is 9.58 Å². The van der Waals surface area contributed by atoms with Crippen LogP contribution in [-0.2, 0) is 18.2 Å². The van der Waals surface area contributed by atoms with Crippen molar-refractivity contribution < 1.29 is 9.53 Å². The molecule has 0 aromatic carbocycles. The molecule has 1 aliphatic heterocycles. The van der Waals surface area contributed by atoms with Crippen LogP contribution in [0.2, 0.25) is 5.15 Å². The van der Waals surface area contributed by atoms with Crippen molar-refractivity contribution in [3.63, 3.8) is 0 Å². The largest absolute Gasteiger partial charge is 0.444 e. The summed E-state index contributed by atoms with van der Waals surface area (Å²) in [4.78, 5) is 13.9. The van der Waals surface area contributed by atoms with Crippen LogP contribution in [0.5, 0.6) is 0 Å². The molecule has 1 fully saturated rings. The van der Waals surface area contributed by atoms with Gasteiger partial charge in [0.05, 0.1) is 5.69 Å². The molecule has 1 aromatic heterocycles. The maximum absolute atomic E-state index is 12.1. The summed E-state index contributed by atoms with van der Waals surface area (Å²) >= 11 is 6.28. The van der Waals surface area contributed by atoms with Crippen molar-refractivity contribution in [1.29, 1.82) is 0 Å². The number of nitrogens with zero attached hydrogens (tertiary/aromatic N) is 3. The number of carbonyl (C=O) groups is 1. The molecule has 0 spiro atoms. The zero-order valence-corrected chi connectivity index (χ0v) is 15.4. The lowest BCUT2D eigenvalue weighted by atomic mass is 9.94. The van der Waals surface area contributed by atoms with Gasteiger partial charge in [-0.1, -0.05) is 11.6 Å². The van der Waals surface area contributed by atoms with E-state index in [2.05, 4.69) is 5.10 Å². The Morgan fingerprint density at radius 1 is 1.52 bits per heavy atom. The summed E-state index contributed by atoms with van der Waals surface area (Å²) in [6, 6.07) is -0.0529. The van der Waals surface area contributed by atoms with Crippen LogP contribution in [0.15, 0.2) is 0 Å². The highest BCUT2D eigenvalue weighted by atomic mass is 35.5. The van der Waals surface area contributed by atoms with Crippen LogP contribution in [0.4, 0.5) is 4.79 Å². The van der Waals surface area contributed by atoms with E-state index in [0.29, 0.717) is 24.7 Å². The predicted octanol–water partition coefficient (Wildman–Crippen LogP) is 2.51. The number of amides is 1. The number of hydrogen-bond acceptors (Lipinski definition) is 4. The summed E-state index contributed by atoms with van der Waals surface area (Å²) in [5.41, 5.74) is 7.81. The van der Waals surface area contributed by atoms with Crippen LogP contribution in [-0.4, -0.2) is 45.5 Å². The molecule has 6 nitrogen and oxygen atoms in total. The smallest absolute Gasteiger partial charge is 0.410 e. The van der Waals surface area contributed by atoms with Gasteiger partial charge in [-0.15, -0.1) is 0 Å². The first kappa shape index (κ1) is 18.1. The van der Waals surface area contributed by atoms with E-state index in [1.807, 2.05) is 34.7 Å². The van der Waals surface area contributed by atoms with Crippen LogP contribution in [0, 0.1) is 12.8 Å². The second kappa shape index (κ2) is 6.69. The van der Waals surface area contributed by atoms with Crippen molar-refractivity contribution in [2.24, 2.45) is 18.7 Å². The van der Waals surface area contributed by atoms with E-state index in [9.17, 15) is 4.79 Å². The lowest BCUT2D eigenvalue weighted by Gasteiger charge is -2.25. The van der Waals surface area contributed by atoms with Crippen LogP contribution in [0.3, 0.4) is 0 Å². The number of nitrogens with two attached hydrogens (primary N) is 1. The summed E-state index contributed by atoms with van der Waals surface area (Å²) < 4.78 is 7.09. The van der Waals surface area contributed by atoms with Gasteiger partial charge in [-0.2, -0.15) is 5.10 Å². The fourth-order valence-electron chi connectivity index (χ4n) is 2.94. The van der Waals surface area contributed by atoms with Crippen molar-refractivity contribution in [1.82, 2.24) is 14.7 Å². The minimum Gasteiger partial charge on any atom is -0.444 e. The summed E-state index contributed by atoms with van der Waals surface area (Å²) in [6.07, 6.45) is 1.30. The van der Waals surface area contributed by atoms with E-state index in [1.165, 1.54) is 0 Å². The van der Waals surface area contributed by atoms with Gasteiger partial charge in [-0.25, -0.2) is 4.79 Å². The zero-order chi connectivity index (χ0) is 17.4. The molecular formula is C16H27ClN4O2. The van der Waals surface area contributed by atoms with Crippen LogP contribution in [0.1, 0.15) is 38.4 Å². The van der Waals surface area contributed by atoms with Gasteiger partial charge in [-0.3, -0.25) is 4.68 Å². The molecule has 0 bridgehead atoms. The first-order valence-corrected chi connectivity index (χ1v) is 8.37. The second-order valence-corrected chi connectivity index (χ2v) is 7.68. The fraction of sp³-hybridized carbons (Fsp3) is 0.750. The van der Waals surface area contributed by atoms with Crippen LogP contribution in [0.25, 0.3) is 0 Å². The van der Waals surface area contributed by atoms with Crippen LogP contribution >= 0.6 is 11.6 Å². The second-order valence-electron chi connectivity index (χ2n) is 7.32. The number of aromatic nitrogens is 2. The molecule has 7 heteroatoms. The first-order valence-electron chi connectivity index (χ1n) is 8.00. The number of aryl methyl sites for hydroxylation is 2. The third kappa shape index (κ3) is 4.38. The molecule has 2 rings (SSSR count). The molecular weight excluding hydrogens is 316 g/mol. The highest BCUT2D eigenvalue weighted by Gasteiger charge is 2.33. The Balaban J connectivity index is 1.95. The van der Waals surface area contributed by atoms with Crippen molar-refractivity contribution in [3.8, 4) is 0 Å². The molecule has 23 heavy (non-hydrogen) atoms. The molecule has 0 aliphatic carbocycles. The van der Waals surface area contributed by atoms with Gasteiger partial charge < -0.3 is 15.4 Å². The molecule has 2 atom stereocenters. The molecule has 2 heterocycles. The SMILES string of the molecule is Cc1nn(C)c(Cl)c1CC(N)C1CCN(C(=O)OC(C)(C)C)C1. The lowest BCUT2D eigenvalue weighted by molar-refractivity contribution is 0.0286.